The number of nitrogens with zero attached hydrogens (tertiary/aromatic N) is 1. The molecule has 2 unspecified atom stereocenters. The summed E-state index contributed by atoms with van der Waals surface area (Å²) in [5.41, 5.74) is -0.00644. The van der Waals surface area contributed by atoms with Crippen LogP contribution in [-0.4, -0.2) is 18.6 Å². The maximum absolute atomic E-state index is 13.4. The predicted octanol–water partition coefficient (Wildman–Crippen LogP) is 5.22. The number of esters is 1. The molecule has 8 nitrogen and oxygen atoms in total. The second kappa shape index (κ2) is 9.67. The van der Waals surface area contributed by atoms with Gasteiger partial charge in [-0.15, -0.1) is 4.91 Å². The van der Waals surface area contributed by atoms with Crippen molar-refractivity contribution < 1.29 is 23.1 Å². The van der Waals surface area contributed by atoms with Gasteiger partial charge in [-0.1, -0.05) is 39.0 Å². The molecule has 0 aliphatic heterocycles. The minimum Gasteiger partial charge on any atom is -0.464 e. The van der Waals surface area contributed by atoms with E-state index < -0.39 is 19.8 Å². The van der Waals surface area contributed by atoms with Crippen molar-refractivity contribution in [1.82, 2.24) is 5.09 Å². The largest absolute Gasteiger partial charge is 0.513 e. The summed E-state index contributed by atoms with van der Waals surface area (Å²) < 4.78 is 29.7. The number of para-hydroxylation sites is 1. The number of hydrogen-bond acceptors (Lipinski definition) is 7. The highest BCUT2D eigenvalue weighted by atomic mass is 31.2. The van der Waals surface area contributed by atoms with Crippen molar-refractivity contribution in [3.05, 3.63) is 59.5 Å². The topological polar surface area (TPSA) is 103 Å². The Kier molecular flexibility index (Phi) is 7.53. The first-order chi connectivity index (χ1) is 13.6. The fourth-order valence-electron chi connectivity index (χ4n) is 2.10. The molecule has 2 atom stereocenters. The fourth-order valence-corrected chi connectivity index (χ4v) is 3.62. The van der Waals surface area contributed by atoms with Gasteiger partial charge in [0, 0.05) is 0 Å². The highest BCUT2D eigenvalue weighted by Gasteiger charge is 2.34. The number of nitrogens with one attached hydrogen (secondary N) is 1. The molecular formula is C20H25N2O6P. The molecule has 0 heterocycles. The van der Waals surface area contributed by atoms with Crippen molar-refractivity contribution >= 4 is 19.4 Å². The van der Waals surface area contributed by atoms with E-state index in [4.69, 9.17) is 13.8 Å². The molecule has 0 fully saturated rings. The molecule has 0 aromatic heterocycles. The number of carbonyl (C=O) groups is 1. The van der Waals surface area contributed by atoms with Crippen LogP contribution in [0.15, 0.2) is 59.8 Å². The normalized spacial score (nSPS) is 14.3. The van der Waals surface area contributed by atoms with Crippen LogP contribution in [0.1, 0.15) is 27.7 Å². The van der Waals surface area contributed by atoms with Gasteiger partial charge in [-0.3, -0.25) is 4.79 Å². The molecule has 9 heteroatoms. The Labute approximate surface area is 170 Å². The summed E-state index contributed by atoms with van der Waals surface area (Å²) in [6.45, 7) is 7.52. The summed E-state index contributed by atoms with van der Waals surface area (Å²) in [6, 6.07) is 13.2. The van der Waals surface area contributed by atoms with E-state index in [1.807, 2.05) is 20.8 Å². The number of nitroso groups, excluding NO2 is 1. The van der Waals surface area contributed by atoms with E-state index in [0.717, 1.165) is 0 Å². The van der Waals surface area contributed by atoms with E-state index in [-0.39, 0.29) is 23.5 Å². The van der Waals surface area contributed by atoms with Crippen molar-refractivity contribution in [1.29, 1.82) is 0 Å². The molecule has 156 valence electrons. The number of hydrogen-bond donors (Lipinski definition) is 1. The van der Waals surface area contributed by atoms with E-state index in [2.05, 4.69) is 10.3 Å². The van der Waals surface area contributed by atoms with Gasteiger partial charge in [-0.2, -0.15) is 5.09 Å². The molecule has 0 saturated carbocycles. The zero-order chi connectivity index (χ0) is 21.5. The van der Waals surface area contributed by atoms with Gasteiger partial charge in [0.05, 0.1) is 6.61 Å². The second-order valence-electron chi connectivity index (χ2n) is 7.60. The summed E-state index contributed by atoms with van der Waals surface area (Å²) in [4.78, 5) is 22.9. The highest BCUT2D eigenvalue weighted by molar-refractivity contribution is 7.52. The van der Waals surface area contributed by atoms with Gasteiger partial charge in [0.1, 0.15) is 23.2 Å². The third-order valence-electron chi connectivity index (χ3n) is 3.49. The molecular weight excluding hydrogens is 395 g/mol. The van der Waals surface area contributed by atoms with Crippen LogP contribution < -0.4 is 14.1 Å². The first kappa shape index (κ1) is 22.6. The van der Waals surface area contributed by atoms with Crippen molar-refractivity contribution in [2.75, 3.05) is 6.61 Å². The molecule has 0 bridgehead atoms. The molecule has 0 amide bonds. The quantitative estimate of drug-likeness (QED) is 0.337. The Morgan fingerprint density at radius 1 is 1.03 bits per heavy atom. The molecule has 2 aromatic rings. The van der Waals surface area contributed by atoms with E-state index in [9.17, 15) is 14.3 Å². The van der Waals surface area contributed by atoms with Crippen LogP contribution in [0, 0.1) is 10.3 Å². The van der Waals surface area contributed by atoms with Crippen LogP contribution in [0.25, 0.3) is 0 Å². The lowest BCUT2D eigenvalue weighted by Crippen LogP contribution is -2.37. The lowest BCUT2D eigenvalue weighted by atomic mass is 9.99. The minimum atomic E-state index is -4.02. The summed E-state index contributed by atoms with van der Waals surface area (Å²) in [5, 5.41) is 5.41. The maximum atomic E-state index is 13.4. The highest BCUT2D eigenvalue weighted by Crippen LogP contribution is 2.45. The minimum absolute atomic E-state index is 0.180. The first-order valence-electron chi connectivity index (χ1n) is 9.02. The maximum Gasteiger partial charge on any atom is 0.513 e. The third-order valence-corrected chi connectivity index (χ3v) is 5.10. The second-order valence-corrected chi connectivity index (χ2v) is 9.22. The van der Waals surface area contributed by atoms with Gasteiger partial charge in [0.25, 0.3) is 0 Å². The van der Waals surface area contributed by atoms with Crippen molar-refractivity contribution in [3.63, 3.8) is 0 Å². The molecule has 0 aliphatic carbocycles. The predicted molar refractivity (Wildman–Crippen MR) is 110 cm³/mol. The molecule has 0 spiro atoms. The van der Waals surface area contributed by atoms with Crippen molar-refractivity contribution in [2.45, 2.75) is 33.7 Å². The fraction of sp³-hybridized carbons (Fsp3) is 0.350. The van der Waals surface area contributed by atoms with Gasteiger partial charge >= 0.3 is 13.7 Å². The van der Waals surface area contributed by atoms with Gasteiger partial charge in [0.15, 0.2) is 0 Å². The zero-order valence-electron chi connectivity index (χ0n) is 16.8. The van der Waals surface area contributed by atoms with E-state index >= 15 is 0 Å². The molecule has 2 rings (SSSR count). The zero-order valence-corrected chi connectivity index (χ0v) is 17.7. The van der Waals surface area contributed by atoms with Crippen LogP contribution in [0.2, 0.25) is 0 Å². The average Bonchev–Trinajstić information content (AvgIpc) is 2.66. The van der Waals surface area contributed by atoms with Gasteiger partial charge in [-0.05, 0) is 53.9 Å². The lowest BCUT2D eigenvalue weighted by molar-refractivity contribution is -0.148. The molecule has 1 N–H and O–H groups in total. The van der Waals surface area contributed by atoms with E-state index in [1.165, 1.54) is 31.2 Å². The van der Waals surface area contributed by atoms with E-state index in [0.29, 0.717) is 5.75 Å². The average molecular weight is 420 g/mol. The summed E-state index contributed by atoms with van der Waals surface area (Å²) in [7, 11) is -4.02. The van der Waals surface area contributed by atoms with E-state index in [1.54, 1.807) is 30.3 Å². The van der Waals surface area contributed by atoms with Gasteiger partial charge < -0.3 is 13.8 Å². The number of rotatable bonds is 9. The van der Waals surface area contributed by atoms with Gasteiger partial charge in [0.2, 0.25) is 0 Å². The first-order valence-corrected chi connectivity index (χ1v) is 10.6. The Morgan fingerprint density at radius 3 is 2.10 bits per heavy atom. The third kappa shape index (κ3) is 7.68. The molecule has 0 saturated heterocycles. The molecule has 0 aliphatic rings. The Balaban J connectivity index is 2.17. The van der Waals surface area contributed by atoms with Crippen LogP contribution in [-0.2, 0) is 14.1 Å². The lowest BCUT2D eigenvalue weighted by Gasteiger charge is -2.24. The SMILES string of the molecule is CC(NP(=O)(Oc1ccccc1)Oc1ccc(N=O)cc1)C(=O)OCC(C)(C)C. The van der Waals surface area contributed by atoms with Crippen molar-refractivity contribution in [2.24, 2.45) is 10.6 Å². The smallest absolute Gasteiger partial charge is 0.464 e. The van der Waals surface area contributed by atoms with Crippen LogP contribution in [0.5, 0.6) is 11.5 Å². The standard InChI is InChI=1S/C20H25N2O6P/c1-15(19(23)26-14-20(2,3)4)22-29(25,27-17-8-6-5-7-9-17)28-18-12-10-16(21-24)11-13-18/h5-13,15H,14H2,1-4H3,(H,22,25). The van der Waals surface area contributed by atoms with Crippen LogP contribution in [0.3, 0.4) is 0 Å². The Bertz CT molecular complexity index is 865. The summed E-state index contributed by atoms with van der Waals surface area (Å²) in [5.74, 6) is -0.106. The Morgan fingerprint density at radius 2 is 1.59 bits per heavy atom. The number of ether oxygens (including phenoxy) is 1. The summed E-state index contributed by atoms with van der Waals surface area (Å²) in [6.07, 6.45) is 0. The molecule has 29 heavy (non-hydrogen) atoms. The number of carbonyl (C=O) groups excluding carboxylic acids is 1. The number of benzene rings is 2. The van der Waals surface area contributed by atoms with Crippen LogP contribution in [0.4, 0.5) is 5.69 Å². The molecule has 0 radical (unpaired) electrons. The van der Waals surface area contributed by atoms with Crippen molar-refractivity contribution in [3.8, 4) is 11.5 Å². The van der Waals surface area contributed by atoms with Crippen LogP contribution >= 0.6 is 7.75 Å². The monoisotopic (exact) mass is 420 g/mol. The van der Waals surface area contributed by atoms with Gasteiger partial charge in [-0.25, -0.2) is 4.57 Å². The molecule has 2 aromatic carbocycles. The summed E-state index contributed by atoms with van der Waals surface area (Å²) >= 11 is 0. The Hall–Kier alpha value is -2.70.